The Hall–Kier alpha value is -1.31. The molecule has 0 aliphatic heterocycles. The lowest BCUT2D eigenvalue weighted by atomic mass is 9.73. The van der Waals surface area contributed by atoms with Gasteiger partial charge in [0.2, 0.25) is 4.77 Å². The third-order valence-electron chi connectivity index (χ3n) is 5.31. The van der Waals surface area contributed by atoms with Crippen LogP contribution >= 0.6 is 23.8 Å². The highest BCUT2D eigenvalue weighted by Crippen LogP contribution is 2.51. The second-order valence-electron chi connectivity index (χ2n) is 7.07. The molecule has 0 bridgehead atoms. The largest absolute Gasteiger partial charge is 0.387 e. The summed E-state index contributed by atoms with van der Waals surface area (Å²) >= 11 is 11.1. The number of hydrogen-bond donors (Lipinski definition) is 2. The number of rotatable bonds is 4. The van der Waals surface area contributed by atoms with Gasteiger partial charge in [0.1, 0.15) is 17.3 Å². The molecular formula is C16H20ClFN4OS. The minimum atomic E-state index is -1.06. The molecule has 8 heteroatoms. The van der Waals surface area contributed by atoms with Crippen LogP contribution in [-0.2, 0) is 13.0 Å². The van der Waals surface area contributed by atoms with Gasteiger partial charge in [-0.25, -0.2) is 14.4 Å². The molecule has 0 spiro atoms. The van der Waals surface area contributed by atoms with Crippen molar-refractivity contribution in [1.82, 2.24) is 19.7 Å². The molecule has 2 unspecified atom stereocenters. The summed E-state index contributed by atoms with van der Waals surface area (Å²) in [5.74, 6) is -0.553. The molecule has 1 saturated carbocycles. The number of H-pyrrole nitrogens is 1. The van der Waals surface area contributed by atoms with Gasteiger partial charge in [0.05, 0.1) is 17.8 Å². The fraction of sp³-hybridized carbons (Fsp3) is 0.562. The van der Waals surface area contributed by atoms with Crippen LogP contribution in [0.4, 0.5) is 4.39 Å². The lowest BCUT2D eigenvalue weighted by molar-refractivity contribution is -0.0912. The number of aliphatic hydroxyl groups is 1. The van der Waals surface area contributed by atoms with E-state index in [2.05, 4.69) is 15.1 Å². The molecule has 3 rings (SSSR count). The Bertz CT molecular complexity index is 805. The molecule has 2 aromatic rings. The molecule has 2 aromatic heterocycles. The van der Waals surface area contributed by atoms with E-state index >= 15 is 0 Å². The number of nitrogens with one attached hydrogen (secondary N) is 1. The van der Waals surface area contributed by atoms with Gasteiger partial charge in [-0.2, -0.15) is 0 Å². The Kier molecular flexibility index (Phi) is 4.53. The standard InChI is InChI=1S/C16H20ClFN4OS/c1-15(2)6-5-10(7-12-11(18)3-4-13(17)21-12)16(15,23)8-22-14(24)19-9-20-22/h3-4,9-10,23H,5-8H2,1-2H3,(H,19,20,24). The Morgan fingerprint density at radius 1 is 1.50 bits per heavy atom. The van der Waals surface area contributed by atoms with E-state index in [1.807, 2.05) is 13.8 Å². The molecule has 1 aliphatic carbocycles. The van der Waals surface area contributed by atoms with Crippen LogP contribution in [0.25, 0.3) is 0 Å². The fourth-order valence-electron chi connectivity index (χ4n) is 3.62. The molecule has 2 atom stereocenters. The van der Waals surface area contributed by atoms with Gasteiger partial charge in [-0.15, -0.1) is 0 Å². The summed E-state index contributed by atoms with van der Waals surface area (Å²) in [6.07, 6.45) is 3.44. The summed E-state index contributed by atoms with van der Waals surface area (Å²) in [5.41, 5.74) is -1.11. The van der Waals surface area contributed by atoms with E-state index in [0.717, 1.165) is 12.8 Å². The minimum absolute atomic E-state index is 0.154. The third-order valence-corrected chi connectivity index (χ3v) is 5.84. The molecule has 0 amide bonds. The maximum atomic E-state index is 14.1. The van der Waals surface area contributed by atoms with Crippen LogP contribution in [-0.4, -0.2) is 30.5 Å². The van der Waals surface area contributed by atoms with Crippen molar-refractivity contribution in [2.75, 3.05) is 0 Å². The number of nitrogens with zero attached hydrogens (tertiary/aromatic N) is 3. The first-order valence-electron chi connectivity index (χ1n) is 7.86. The second-order valence-corrected chi connectivity index (χ2v) is 7.82. The predicted octanol–water partition coefficient (Wildman–Crippen LogP) is 3.54. The van der Waals surface area contributed by atoms with Gasteiger partial charge in [0.15, 0.2) is 0 Å². The minimum Gasteiger partial charge on any atom is -0.387 e. The Morgan fingerprint density at radius 3 is 2.92 bits per heavy atom. The summed E-state index contributed by atoms with van der Waals surface area (Å²) in [5, 5.41) is 14.7. The molecule has 1 aliphatic rings. The van der Waals surface area contributed by atoms with Crippen molar-refractivity contribution in [3.8, 4) is 0 Å². The molecule has 0 radical (unpaired) electrons. The van der Waals surface area contributed by atoms with Crippen LogP contribution in [0, 0.1) is 21.9 Å². The number of aromatic nitrogens is 4. The van der Waals surface area contributed by atoms with Gasteiger partial charge < -0.3 is 5.11 Å². The molecule has 5 nitrogen and oxygen atoms in total. The van der Waals surface area contributed by atoms with Crippen LogP contribution in [0.1, 0.15) is 32.4 Å². The van der Waals surface area contributed by atoms with Crippen molar-refractivity contribution in [2.45, 2.75) is 45.3 Å². The number of aromatic amines is 1. The van der Waals surface area contributed by atoms with Crippen molar-refractivity contribution in [2.24, 2.45) is 11.3 Å². The van der Waals surface area contributed by atoms with E-state index in [-0.39, 0.29) is 28.7 Å². The summed E-state index contributed by atoms with van der Waals surface area (Å²) in [7, 11) is 0. The Balaban J connectivity index is 1.93. The average molecular weight is 371 g/mol. The second kappa shape index (κ2) is 6.20. The summed E-state index contributed by atoms with van der Waals surface area (Å²) in [6, 6.07) is 2.74. The van der Waals surface area contributed by atoms with Crippen molar-refractivity contribution < 1.29 is 9.50 Å². The first-order chi connectivity index (χ1) is 11.2. The number of hydrogen-bond acceptors (Lipinski definition) is 4. The normalized spacial score (nSPS) is 26.0. The van der Waals surface area contributed by atoms with E-state index in [9.17, 15) is 9.50 Å². The average Bonchev–Trinajstić information content (AvgIpc) is 3.00. The van der Waals surface area contributed by atoms with E-state index in [0.29, 0.717) is 11.2 Å². The third kappa shape index (κ3) is 3.00. The first kappa shape index (κ1) is 17.5. The SMILES string of the molecule is CC1(C)CCC(Cc2nc(Cl)ccc2F)C1(O)Cn1[nH]cnc1=S. The Labute approximate surface area is 149 Å². The molecule has 130 valence electrons. The van der Waals surface area contributed by atoms with Crippen molar-refractivity contribution in [3.63, 3.8) is 0 Å². The van der Waals surface area contributed by atoms with Crippen molar-refractivity contribution in [3.05, 3.63) is 39.9 Å². The van der Waals surface area contributed by atoms with Gasteiger partial charge in [-0.05, 0) is 54.9 Å². The maximum Gasteiger partial charge on any atom is 0.215 e. The van der Waals surface area contributed by atoms with Crippen LogP contribution in [0.15, 0.2) is 18.5 Å². The van der Waals surface area contributed by atoms with E-state index < -0.39 is 11.4 Å². The van der Waals surface area contributed by atoms with Crippen molar-refractivity contribution >= 4 is 23.8 Å². The monoisotopic (exact) mass is 370 g/mol. The highest BCUT2D eigenvalue weighted by Gasteiger charge is 2.54. The van der Waals surface area contributed by atoms with E-state index in [4.69, 9.17) is 23.8 Å². The van der Waals surface area contributed by atoms with Gasteiger partial charge in [0.25, 0.3) is 0 Å². The van der Waals surface area contributed by atoms with Crippen LogP contribution in [0.3, 0.4) is 0 Å². The van der Waals surface area contributed by atoms with E-state index in [1.165, 1.54) is 18.5 Å². The highest BCUT2D eigenvalue weighted by molar-refractivity contribution is 7.71. The molecule has 2 N–H and O–H groups in total. The molecular weight excluding hydrogens is 351 g/mol. The van der Waals surface area contributed by atoms with Gasteiger partial charge in [0, 0.05) is 0 Å². The molecule has 24 heavy (non-hydrogen) atoms. The number of halogens is 2. The predicted molar refractivity (Wildman–Crippen MR) is 91.8 cm³/mol. The van der Waals surface area contributed by atoms with Gasteiger partial charge in [-0.3, -0.25) is 9.78 Å². The lowest BCUT2D eigenvalue weighted by Crippen LogP contribution is -2.49. The van der Waals surface area contributed by atoms with Crippen LogP contribution in [0.2, 0.25) is 5.15 Å². The zero-order chi connectivity index (χ0) is 17.5. The quantitative estimate of drug-likeness (QED) is 0.638. The first-order valence-corrected chi connectivity index (χ1v) is 8.65. The maximum absolute atomic E-state index is 14.1. The summed E-state index contributed by atoms with van der Waals surface area (Å²) in [6.45, 7) is 4.33. The summed E-state index contributed by atoms with van der Waals surface area (Å²) in [4.78, 5) is 8.09. The lowest BCUT2D eigenvalue weighted by Gasteiger charge is -2.40. The zero-order valence-corrected chi connectivity index (χ0v) is 15.2. The van der Waals surface area contributed by atoms with Gasteiger partial charge in [-0.1, -0.05) is 25.4 Å². The molecule has 0 saturated heterocycles. The topological polar surface area (TPSA) is 66.7 Å². The fourth-order valence-corrected chi connectivity index (χ4v) is 3.96. The summed E-state index contributed by atoms with van der Waals surface area (Å²) < 4.78 is 16.1. The van der Waals surface area contributed by atoms with Crippen LogP contribution in [0.5, 0.6) is 0 Å². The van der Waals surface area contributed by atoms with E-state index in [1.54, 1.807) is 4.68 Å². The smallest absolute Gasteiger partial charge is 0.215 e. The highest BCUT2D eigenvalue weighted by atomic mass is 35.5. The van der Waals surface area contributed by atoms with Crippen LogP contribution < -0.4 is 0 Å². The Morgan fingerprint density at radius 2 is 2.25 bits per heavy atom. The molecule has 2 heterocycles. The zero-order valence-electron chi connectivity index (χ0n) is 13.6. The van der Waals surface area contributed by atoms with Gasteiger partial charge >= 0.3 is 0 Å². The number of pyridine rings is 1. The molecule has 0 aromatic carbocycles. The van der Waals surface area contributed by atoms with Crippen molar-refractivity contribution in [1.29, 1.82) is 0 Å². The molecule has 1 fully saturated rings.